The van der Waals surface area contributed by atoms with Gasteiger partial charge in [0.15, 0.2) is 18.1 Å². The van der Waals surface area contributed by atoms with E-state index in [2.05, 4.69) is 26.0 Å². The topological polar surface area (TPSA) is 97.7 Å². The summed E-state index contributed by atoms with van der Waals surface area (Å²) in [6.07, 6.45) is 1.37. The lowest BCUT2D eigenvalue weighted by molar-refractivity contribution is -0.135. The lowest BCUT2D eigenvalue weighted by Crippen LogP contribution is -2.20. The second-order valence-corrected chi connectivity index (χ2v) is 6.33. The SMILES string of the molecule is COC(=O)/C(C#N)=C/c1ccc(OCC(=O)Nc2ccc(Br)cc2)c(OC)c1. The van der Waals surface area contributed by atoms with Gasteiger partial charge in [0, 0.05) is 10.2 Å². The Bertz CT molecular complexity index is 933. The molecule has 144 valence electrons. The number of nitriles is 1. The van der Waals surface area contributed by atoms with Gasteiger partial charge in [-0.3, -0.25) is 4.79 Å². The van der Waals surface area contributed by atoms with Crippen molar-refractivity contribution in [3.05, 3.63) is 58.1 Å². The summed E-state index contributed by atoms with van der Waals surface area (Å²) in [4.78, 5) is 23.5. The molecule has 7 nitrogen and oxygen atoms in total. The summed E-state index contributed by atoms with van der Waals surface area (Å²) in [7, 11) is 2.65. The average Bonchev–Trinajstić information content (AvgIpc) is 2.71. The standard InChI is InChI=1S/C20H17BrN2O5/c1-26-18-10-13(9-14(11-22)20(25)27-2)3-8-17(18)28-12-19(24)23-16-6-4-15(21)5-7-16/h3-10H,12H2,1-2H3,(H,23,24)/b14-9+. The third-order valence-electron chi connectivity index (χ3n) is 3.51. The van der Waals surface area contributed by atoms with Gasteiger partial charge in [0.05, 0.1) is 14.2 Å². The van der Waals surface area contributed by atoms with Gasteiger partial charge in [-0.05, 0) is 48.0 Å². The van der Waals surface area contributed by atoms with Gasteiger partial charge >= 0.3 is 5.97 Å². The quantitative estimate of drug-likeness (QED) is 0.398. The molecule has 0 spiro atoms. The van der Waals surface area contributed by atoms with Crippen molar-refractivity contribution in [3.63, 3.8) is 0 Å². The van der Waals surface area contributed by atoms with Crippen molar-refractivity contribution in [1.82, 2.24) is 0 Å². The smallest absolute Gasteiger partial charge is 0.348 e. The van der Waals surface area contributed by atoms with Crippen LogP contribution < -0.4 is 14.8 Å². The van der Waals surface area contributed by atoms with Crippen LogP contribution in [0.5, 0.6) is 11.5 Å². The Labute approximate surface area is 170 Å². The molecular formula is C20H17BrN2O5. The second kappa shape index (κ2) is 10.1. The van der Waals surface area contributed by atoms with Gasteiger partial charge in [-0.25, -0.2) is 4.79 Å². The van der Waals surface area contributed by atoms with E-state index in [1.165, 1.54) is 20.3 Å². The van der Waals surface area contributed by atoms with Crippen LogP contribution in [0.15, 0.2) is 52.5 Å². The molecule has 0 aliphatic heterocycles. The maximum atomic E-state index is 12.0. The number of esters is 1. The molecule has 1 amide bonds. The first kappa shape index (κ1) is 21.0. The summed E-state index contributed by atoms with van der Waals surface area (Å²) in [5.41, 5.74) is 1.05. The normalized spacial score (nSPS) is 10.6. The van der Waals surface area contributed by atoms with Gasteiger partial charge in [0.1, 0.15) is 11.6 Å². The summed E-state index contributed by atoms with van der Waals surface area (Å²) in [5.74, 6) is -0.355. The Morgan fingerprint density at radius 3 is 2.46 bits per heavy atom. The number of hydrogen-bond acceptors (Lipinski definition) is 6. The monoisotopic (exact) mass is 444 g/mol. The Kier molecular flexibility index (Phi) is 7.60. The molecule has 8 heteroatoms. The minimum Gasteiger partial charge on any atom is -0.493 e. The second-order valence-electron chi connectivity index (χ2n) is 5.42. The van der Waals surface area contributed by atoms with E-state index >= 15 is 0 Å². The zero-order valence-corrected chi connectivity index (χ0v) is 16.8. The highest BCUT2D eigenvalue weighted by Crippen LogP contribution is 2.29. The predicted octanol–water partition coefficient (Wildman–Crippen LogP) is 3.56. The number of anilines is 1. The highest BCUT2D eigenvalue weighted by molar-refractivity contribution is 9.10. The third kappa shape index (κ3) is 5.86. The van der Waals surface area contributed by atoms with Crippen LogP contribution in [-0.2, 0) is 14.3 Å². The Morgan fingerprint density at radius 2 is 1.86 bits per heavy atom. The van der Waals surface area contributed by atoms with E-state index in [1.54, 1.807) is 36.4 Å². The minimum absolute atomic E-state index is 0.146. The van der Waals surface area contributed by atoms with Crippen LogP contribution in [0.1, 0.15) is 5.56 Å². The van der Waals surface area contributed by atoms with Crippen LogP contribution in [0, 0.1) is 11.3 Å². The molecule has 2 rings (SSSR count). The lowest BCUT2D eigenvalue weighted by atomic mass is 10.1. The van der Waals surface area contributed by atoms with Crippen LogP contribution >= 0.6 is 15.9 Å². The molecule has 0 aromatic heterocycles. The molecule has 0 aliphatic rings. The third-order valence-corrected chi connectivity index (χ3v) is 4.04. The first-order valence-corrected chi connectivity index (χ1v) is 8.82. The van der Waals surface area contributed by atoms with Gasteiger partial charge in [0.2, 0.25) is 0 Å². The van der Waals surface area contributed by atoms with Crippen LogP contribution in [0.25, 0.3) is 6.08 Å². The first-order chi connectivity index (χ1) is 13.5. The summed E-state index contributed by atoms with van der Waals surface area (Å²) in [6.45, 7) is -0.215. The predicted molar refractivity (Wildman–Crippen MR) is 107 cm³/mol. The fourth-order valence-electron chi connectivity index (χ4n) is 2.18. The summed E-state index contributed by atoms with van der Waals surface area (Å²) in [6, 6.07) is 13.7. The number of nitrogens with zero attached hydrogens (tertiary/aromatic N) is 1. The molecule has 0 heterocycles. The number of nitrogens with one attached hydrogen (secondary N) is 1. The van der Waals surface area contributed by atoms with Crippen molar-refractivity contribution in [3.8, 4) is 17.6 Å². The van der Waals surface area contributed by atoms with Crippen molar-refractivity contribution in [1.29, 1.82) is 5.26 Å². The fraction of sp³-hybridized carbons (Fsp3) is 0.150. The number of ether oxygens (including phenoxy) is 3. The number of amides is 1. The number of methoxy groups -OCH3 is 2. The molecule has 2 aromatic rings. The molecule has 0 fully saturated rings. The molecule has 0 saturated carbocycles. The first-order valence-electron chi connectivity index (χ1n) is 8.03. The number of carbonyl (C=O) groups excluding carboxylic acids is 2. The zero-order valence-electron chi connectivity index (χ0n) is 15.2. The lowest BCUT2D eigenvalue weighted by Gasteiger charge is -2.12. The van der Waals surface area contributed by atoms with E-state index in [9.17, 15) is 9.59 Å². The van der Waals surface area contributed by atoms with Crippen molar-refractivity contribution < 1.29 is 23.8 Å². The van der Waals surface area contributed by atoms with Crippen LogP contribution in [0.4, 0.5) is 5.69 Å². The summed E-state index contributed by atoms with van der Waals surface area (Å²) < 4.78 is 16.2. The van der Waals surface area contributed by atoms with E-state index in [4.69, 9.17) is 14.7 Å². The molecule has 0 aliphatic carbocycles. The number of rotatable bonds is 7. The van der Waals surface area contributed by atoms with Gasteiger partial charge in [-0.1, -0.05) is 22.0 Å². The number of hydrogen-bond donors (Lipinski definition) is 1. The van der Waals surface area contributed by atoms with Gasteiger partial charge < -0.3 is 19.5 Å². The molecule has 0 saturated heterocycles. The highest BCUT2D eigenvalue weighted by atomic mass is 79.9. The molecule has 0 radical (unpaired) electrons. The molecular weight excluding hydrogens is 428 g/mol. The van der Waals surface area contributed by atoms with Crippen molar-refractivity contribution in [2.45, 2.75) is 0 Å². The van der Waals surface area contributed by atoms with E-state index < -0.39 is 5.97 Å². The van der Waals surface area contributed by atoms with E-state index in [0.29, 0.717) is 22.7 Å². The Balaban J connectivity index is 2.06. The van der Waals surface area contributed by atoms with Gasteiger partial charge in [-0.2, -0.15) is 5.26 Å². The largest absolute Gasteiger partial charge is 0.493 e. The van der Waals surface area contributed by atoms with Crippen molar-refractivity contribution >= 4 is 39.6 Å². The van der Waals surface area contributed by atoms with Crippen molar-refractivity contribution in [2.24, 2.45) is 0 Å². The molecule has 0 atom stereocenters. The molecule has 28 heavy (non-hydrogen) atoms. The number of carbonyl (C=O) groups is 2. The van der Waals surface area contributed by atoms with Gasteiger partial charge in [0.25, 0.3) is 5.91 Å². The molecule has 1 N–H and O–H groups in total. The fourth-order valence-corrected chi connectivity index (χ4v) is 2.44. The molecule has 2 aromatic carbocycles. The molecule has 0 unspecified atom stereocenters. The summed E-state index contributed by atoms with van der Waals surface area (Å²) in [5, 5.41) is 11.7. The van der Waals surface area contributed by atoms with E-state index in [0.717, 1.165) is 4.47 Å². The summed E-state index contributed by atoms with van der Waals surface area (Å²) >= 11 is 3.33. The average molecular weight is 445 g/mol. The number of halogens is 1. The maximum absolute atomic E-state index is 12.0. The van der Waals surface area contributed by atoms with Gasteiger partial charge in [-0.15, -0.1) is 0 Å². The van der Waals surface area contributed by atoms with E-state index in [-0.39, 0.29) is 18.1 Å². The van der Waals surface area contributed by atoms with Crippen LogP contribution in [0.3, 0.4) is 0 Å². The number of benzene rings is 2. The Morgan fingerprint density at radius 1 is 1.14 bits per heavy atom. The zero-order chi connectivity index (χ0) is 20.5. The van der Waals surface area contributed by atoms with Crippen LogP contribution in [-0.4, -0.2) is 32.7 Å². The Hall–Kier alpha value is -3.31. The van der Waals surface area contributed by atoms with Crippen molar-refractivity contribution in [2.75, 3.05) is 26.1 Å². The van der Waals surface area contributed by atoms with Crippen LogP contribution in [0.2, 0.25) is 0 Å². The van der Waals surface area contributed by atoms with E-state index in [1.807, 2.05) is 12.1 Å². The maximum Gasteiger partial charge on any atom is 0.348 e. The highest BCUT2D eigenvalue weighted by Gasteiger charge is 2.12. The minimum atomic E-state index is -0.730. The molecule has 0 bridgehead atoms.